The zero-order chi connectivity index (χ0) is 22.2. The number of hydrogen-bond donors (Lipinski definition) is 1. The molecule has 0 bridgehead atoms. The molecule has 1 aliphatic heterocycles. The van der Waals surface area contributed by atoms with Crippen LogP contribution in [0.3, 0.4) is 0 Å². The van der Waals surface area contributed by atoms with Gasteiger partial charge in [-0.2, -0.15) is 5.10 Å². The molecule has 0 radical (unpaired) electrons. The summed E-state index contributed by atoms with van der Waals surface area (Å²) in [4.78, 5) is 17.1. The summed E-state index contributed by atoms with van der Waals surface area (Å²) < 4.78 is 2.68. The Balaban J connectivity index is 1.32. The van der Waals surface area contributed by atoms with Crippen molar-refractivity contribution in [3.8, 4) is 17.1 Å². The molecule has 0 unspecified atom stereocenters. The van der Waals surface area contributed by atoms with Crippen LogP contribution in [-0.2, 0) is 0 Å². The van der Waals surface area contributed by atoms with Gasteiger partial charge in [0.15, 0.2) is 0 Å². The molecule has 1 fully saturated rings. The number of hydrogen-bond acceptors (Lipinski definition) is 5. The molecular formula is C23H24BrN7O. The van der Waals surface area contributed by atoms with E-state index in [0.717, 1.165) is 52.7 Å². The number of aromatic amines is 1. The van der Waals surface area contributed by atoms with Crippen LogP contribution in [0, 0.1) is 0 Å². The number of fused-ring (bicyclic) bond motifs is 1. The number of rotatable bonds is 4. The van der Waals surface area contributed by atoms with E-state index < -0.39 is 0 Å². The van der Waals surface area contributed by atoms with E-state index in [4.69, 9.17) is 0 Å². The SMILES string of the molecule is CN(C)C1CCN(C(=O)c2ccc(-n3cc(-c4n[nH]c5ccc(Br)cc45)nn3)cc2)CC1. The second kappa shape index (κ2) is 8.48. The number of nitrogens with one attached hydrogen (secondary N) is 1. The summed E-state index contributed by atoms with van der Waals surface area (Å²) in [6, 6.07) is 14.0. The van der Waals surface area contributed by atoms with Gasteiger partial charge in [-0.15, -0.1) is 5.10 Å². The number of carbonyl (C=O) groups excluding carboxylic acids is 1. The van der Waals surface area contributed by atoms with Crippen molar-refractivity contribution in [3.63, 3.8) is 0 Å². The molecule has 4 aromatic rings. The number of nitrogens with zero attached hydrogens (tertiary/aromatic N) is 6. The standard InChI is InChI=1S/C23H24BrN7O/c1-29(2)17-9-11-30(12-10-17)23(32)15-3-6-18(7-4-15)31-14-21(26-28-31)22-19-13-16(24)5-8-20(19)25-27-22/h3-8,13-14,17H,9-12H2,1-2H3,(H,25,27). The Morgan fingerprint density at radius 2 is 1.88 bits per heavy atom. The molecule has 32 heavy (non-hydrogen) atoms. The molecule has 1 aliphatic rings. The van der Waals surface area contributed by atoms with Crippen LogP contribution in [-0.4, -0.2) is 74.1 Å². The normalized spacial score (nSPS) is 15.1. The molecule has 0 saturated carbocycles. The van der Waals surface area contributed by atoms with Gasteiger partial charge in [-0.05, 0) is 69.4 Å². The molecule has 1 saturated heterocycles. The maximum atomic E-state index is 12.9. The lowest BCUT2D eigenvalue weighted by Gasteiger charge is -2.35. The lowest BCUT2D eigenvalue weighted by molar-refractivity contribution is 0.0663. The third kappa shape index (κ3) is 3.93. The van der Waals surface area contributed by atoms with Crippen LogP contribution in [0.2, 0.25) is 0 Å². The predicted molar refractivity (Wildman–Crippen MR) is 127 cm³/mol. The minimum Gasteiger partial charge on any atom is -0.339 e. The van der Waals surface area contributed by atoms with Gasteiger partial charge in [-0.1, -0.05) is 21.1 Å². The van der Waals surface area contributed by atoms with Crippen molar-refractivity contribution < 1.29 is 4.79 Å². The minimum absolute atomic E-state index is 0.0848. The van der Waals surface area contributed by atoms with E-state index >= 15 is 0 Å². The van der Waals surface area contributed by atoms with Crippen LogP contribution in [0.1, 0.15) is 23.2 Å². The largest absolute Gasteiger partial charge is 0.339 e. The first-order valence-corrected chi connectivity index (χ1v) is 11.4. The van der Waals surface area contributed by atoms with Crippen LogP contribution in [0.25, 0.3) is 28.0 Å². The van der Waals surface area contributed by atoms with Gasteiger partial charge >= 0.3 is 0 Å². The lowest BCUT2D eigenvalue weighted by atomic mass is 10.0. The monoisotopic (exact) mass is 493 g/mol. The third-order valence-corrected chi connectivity index (χ3v) is 6.61. The van der Waals surface area contributed by atoms with Crippen molar-refractivity contribution in [3.05, 3.63) is 58.7 Å². The molecule has 8 nitrogen and oxygen atoms in total. The number of likely N-dealkylation sites (tertiary alicyclic amines) is 1. The highest BCUT2D eigenvalue weighted by molar-refractivity contribution is 9.10. The van der Waals surface area contributed by atoms with E-state index in [1.807, 2.05) is 53.6 Å². The van der Waals surface area contributed by atoms with Gasteiger partial charge in [-0.3, -0.25) is 9.89 Å². The van der Waals surface area contributed by atoms with Crippen LogP contribution in [0.5, 0.6) is 0 Å². The molecule has 2 aromatic carbocycles. The van der Waals surface area contributed by atoms with Crippen molar-refractivity contribution in [2.45, 2.75) is 18.9 Å². The van der Waals surface area contributed by atoms with Crippen molar-refractivity contribution in [2.75, 3.05) is 27.2 Å². The zero-order valence-corrected chi connectivity index (χ0v) is 19.6. The van der Waals surface area contributed by atoms with E-state index in [2.05, 4.69) is 55.4 Å². The summed E-state index contributed by atoms with van der Waals surface area (Å²) in [5.74, 6) is 0.0848. The van der Waals surface area contributed by atoms with Gasteiger partial charge in [0.2, 0.25) is 0 Å². The summed E-state index contributed by atoms with van der Waals surface area (Å²) >= 11 is 3.51. The van der Waals surface area contributed by atoms with Gasteiger partial charge in [0.25, 0.3) is 5.91 Å². The Morgan fingerprint density at radius 3 is 2.59 bits per heavy atom. The molecule has 5 rings (SSSR count). The summed E-state index contributed by atoms with van der Waals surface area (Å²) in [6.07, 6.45) is 3.87. The molecule has 3 heterocycles. The maximum Gasteiger partial charge on any atom is 0.253 e. The molecule has 164 valence electrons. The van der Waals surface area contributed by atoms with Crippen molar-refractivity contribution in [1.29, 1.82) is 0 Å². The van der Waals surface area contributed by atoms with E-state index in [0.29, 0.717) is 17.3 Å². The van der Waals surface area contributed by atoms with Crippen LogP contribution in [0.15, 0.2) is 53.1 Å². The molecule has 0 aliphatic carbocycles. The number of carbonyl (C=O) groups is 1. The van der Waals surface area contributed by atoms with Gasteiger partial charge in [0.1, 0.15) is 11.4 Å². The fourth-order valence-corrected chi connectivity index (χ4v) is 4.57. The Labute approximate surface area is 194 Å². The first-order chi connectivity index (χ1) is 15.5. The molecular weight excluding hydrogens is 470 g/mol. The topological polar surface area (TPSA) is 82.9 Å². The van der Waals surface area contributed by atoms with Crippen molar-refractivity contribution in [1.82, 2.24) is 35.0 Å². The molecule has 9 heteroatoms. The second-order valence-corrected chi connectivity index (χ2v) is 9.26. The smallest absolute Gasteiger partial charge is 0.253 e. The minimum atomic E-state index is 0.0848. The molecule has 1 N–H and O–H groups in total. The summed E-state index contributed by atoms with van der Waals surface area (Å²) in [7, 11) is 4.20. The molecule has 0 atom stereocenters. The van der Waals surface area contributed by atoms with Gasteiger partial charge < -0.3 is 9.80 Å². The number of benzene rings is 2. The average Bonchev–Trinajstić information content (AvgIpc) is 3.45. The fourth-order valence-electron chi connectivity index (χ4n) is 4.20. The molecule has 0 spiro atoms. The highest BCUT2D eigenvalue weighted by Crippen LogP contribution is 2.27. The quantitative estimate of drug-likeness (QED) is 0.468. The number of H-pyrrole nitrogens is 1. The summed E-state index contributed by atoms with van der Waals surface area (Å²) in [5.41, 5.74) is 3.90. The number of aromatic nitrogens is 5. The highest BCUT2D eigenvalue weighted by atomic mass is 79.9. The second-order valence-electron chi connectivity index (χ2n) is 8.34. The predicted octanol–water partition coefficient (Wildman–Crippen LogP) is 3.74. The highest BCUT2D eigenvalue weighted by Gasteiger charge is 2.24. The van der Waals surface area contributed by atoms with Crippen LogP contribution >= 0.6 is 15.9 Å². The zero-order valence-electron chi connectivity index (χ0n) is 18.0. The maximum absolute atomic E-state index is 12.9. The van der Waals surface area contributed by atoms with Gasteiger partial charge in [-0.25, -0.2) is 4.68 Å². The van der Waals surface area contributed by atoms with E-state index in [9.17, 15) is 4.79 Å². The van der Waals surface area contributed by atoms with E-state index in [1.165, 1.54) is 0 Å². The van der Waals surface area contributed by atoms with Gasteiger partial charge in [0.05, 0.1) is 17.4 Å². The fraction of sp³-hybridized carbons (Fsp3) is 0.304. The first-order valence-electron chi connectivity index (χ1n) is 10.6. The number of halogens is 1. The van der Waals surface area contributed by atoms with Crippen LogP contribution in [0.4, 0.5) is 0 Å². The molecule has 1 amide bonds. The Kier molecular flexibility index (Phi) is 5.52. The van der Waals surface area contributed by atoms with Crippen molar-refractivity contribution >= 4 is 32.7 Å². The average molecular weight is 494 g/mol. The number of amides is 1. The van der Waals surface area contributed by atoms with Gasteiger partial charge in [0, 0.05) is 34.6 Å². The van der Waals surface area contributed by atoms with E-state index in [1.54, 1.807) is 4.68 Å². The molecule has 2 aromatic heterocycles. The Bertz CT molecular complexity index is 1250. The summed E-state index contributed by atoms with van der Waals surface area (Å²) in [5, 5.41) is 17.0. The lowest BCUT2D eigenvalue weighted by Crippen LogP contribution is -2.44. The summed E-state index contributed by atoms with van der Waals surface area (Å²) in [6.45, 7) is 1.59. The third-order valence-electron chi connectivity index (χ3n) is 6.12. The first kappa shape index (κ1) is 20.8. The van der Waals surface area contributed by atoms with Crippen LogP contribution < -0.4 is 0 Å². The van der Waals surface area contributed by atoms with E-state index in [-0.39, 0.29) is 5.91 Å². The Morgan fingerprint density at radius 1 is 1.12 bits per heavy atom. The van der Waals surface area contributed by atoms with Crippen molar-refractivity contribution in [2.24, 2.45) is 0 Å². The number of piperidine rings is 1. The Hall–Kier alpha value is -3.04.